The summed E-state index contributed by atoms with van der Waals surface area (Å²) in [6.45, 7) is 6.52. The topological polar surface area (TPSA) is 32.3 Å². The lowest BCUT2D eigenvalue weighted by atomic mass is 9.64. The fourth-order valence-electron chi connectivity index (χ4n) is 2.64. The van der Waals surface area contributed by atoms with Crippen LogP contribution in [0.15, 0.2) is 30.3 Å². The van der Waals surface area contributed by atoms with Crippen molar-refractivity contribution in [2.24, 2.45) is 5.41 Å². The van der Waals surface area contributed by atoms with Crippen molar-refractivity contribution in [2.45, 2.75) is 58.2 Å². The molecule has 2 N–H and O–H groups in total. The van der Waals surface area contributed by atoms with Crippen LogP contribution in [0.4, 0.5) is 0 Å². The Hall–Kier alpha value is -0.860. The summed E-state index contributed by atoms with van der Waals surface area (Å²) < 4.78 is 0. The minimum Gasteiger partial charge on any atom is -0.392 e. The van der Waals surface area contributed by atoms with Crippen LogP contribution in [0.5, 0.6) is 0 Å². The average molecular weight is 247 g/mol. The molecule has 0 radical (unpaired) electrons. The Morgan fingerprint density at radius 3 is 2.56 bits per heavy atom. The molecule has 0 aromatic heterocycles. The van der Waals surface area contributed by atoms with E-state index in [0.717, 1.165) is 19.3 Å². The minimum atomic E-state index is -0.142. The Morgan fingerprint density at radius 2 is 2.00 bits per heavy atom. The van der Waals surface area contributed by atoms with Crippen molar-refractivity contribution in [1.82, 2.24) is 5.32 Å². The molecule has 0 spiro atoms. The van der Waals surface area contributed by atoms with Crippen LogP contribution >= 0.6 is 0 Å². The number of aliphatic hydroxyl groups is 1. The molecule has 0 heterocycles. The van der Waals surface area contributed by atoms with E-state index >= 15 is 0 Å². The molecule has 100 valence electrons. The molecule has 0 bridgehead atoms. The highest BCUT2D eigenvalue weighted by atomic mass is 16.3. The van der Waals surface area contributed by atoms with Gasteiger partial charge in [-0.2, -0.15) is 0 Å². The van der Waals surface area contributed by atoms with Gasteiger partial charge in [-0.3, -0.25) is 0 Å². The number of hydrogen-bond acceptors (Lipinski definition) is 2. The normalized spacial score (nSPS) is 27.6. The highest BCUT2D eigenvalue weighted by molar-refractivity contribution is 5.14. The minimum absolute atomic E-state index is 0.0288. The van der Waals surface area contributed by atoms with Crippen molar-refractivity contribution < 1.29 is 5.11 Å². The number of benzene rings is 1. The smallest absolute Gasteiger partial charge is 0.0621 e. The first kappa shape index (κ1) is 13.6. The van der Waals surface area contributed by atoms with E-state index in [1.165, 1.54) is 5.56 Å². The van der Waals surface area contributed by atoms with Crippen LogP contribution in [-0.4, -0.2) is 23.3 Å². The van der Waals surface area contributed by atoms with E-state index in [-0.39, 0.29) is 11.5 Å². The van der Waals surface area contributed by atoms with E-state index in [2.05, 4.69) is 56.4 Å². The second kappa shape index (κ2) is 5.41. The molecule has 18 heavy (non-hydrogen) atoms. The number of aryl methyl sites for hydroxylation is 1. The van der Waals surface area contributed by atoms with Crippen LogP contribution in [0, 0.1) is 5.41 Å². The van der Waals surface area contributed by atoms with Gasteiger partial charge >= 0.3 is 0 Å². The first-order valence-corrected chi connectivity index (χ1v) is 6.98. The summed E-state index contributed by atoms with van der Waals surface area (Å²) in [6, 6.07) is 11.6. The SMILES string of the molecule is CC(CCc1ccccc1)NC1CC(O)C1(C)C. The van der Waals surface area contributed by atoms with Gasteiger partial charge in [-0.1, -0.05) is 44.2 Å². The molecule has 1 aliphatic carbocycles. The number of hydrogen-bond donors (Lipinski definition) is 2. The van der Waals surface area contributed by atoms with E-state index in [1.54, 1.807) is 0 Å². The first-order chi connectivity index (χ1) is 8.50. The highest BCUT2D eigenvalue weighted by Crippen LogP contribution is 2.40. The van der Waals surface area contributed by atoms with Gasteiger partial charge < -0.3 is 10.4 Å². The molecule has 3 unspecified atom stereocenters. The largest absolute Gasteiger partial charge is 0.392 e. The highest BCUT2D eigenvalue weighted by Gasteiger charge is 2.47. The van der Waals surface area contributed by atoms with E-state index < -0.39 is 0 Å². The Labute approximate surface area is 110 Å². The van der Waals surface area contributed by atoms with Gasteiger partial charge in [-0.25, -0.2) is 0 Å². The maximum Gasteiger partial charge on any atom is 0.0621 e. The van der Waals surface area contributed by atoms with Crippen molar-refractivity contribution in [3.05, 3.63) is 35.9 Å². The summed E-state index contributed by atoms with van der Waals surface area (Å²) in [5, 5.41) is 13.4. The molecular weight excluding hydrogens is 222 g/mol. The summed E-state index contributed by atoms with van der Waals surface area (Å²) in [5.74, 6) is 0. The van der Waals surface area contributed by atoms with Gasteiger partial charge in [0.25, 0.3) is 0 Å². The molecular formula is C16H25NO. The van der Waals surface area contributed by atoms with Crippen molar-refractivity contribution in [2.75, 3.05) is 0 Å². The van der Waals surface area contributed by atoms with Gasteiger partial charge in [0.15, 0.2) is 0 Å². The third-order valence-corrected chi connectivity index (χ3v) is 4.41. The lowest BCUT2D eigenvalue weighted by Gasteiger charge is -2.50. The summed E-state index contributed by atoms with van der Waals surface area (Å²) in [6.07, 6.45) is 3.01. The monoisotopic (exact) mass is 247 g/mol. The van der Waals surface area contributed by atoms with Crippen LogP contribution in [-0.2, 0) is 6.42 Å². The molecule has 2 heteroatoms. The van der Waals surface area contributed by atoms with Gasteiger partial charge in [0, 0.05) is 17.5 Å². The van der Waals surface area contributed by atoms with Gasteiger partial charge in [0.1, 0.15) is 0 Å². The summed E-state index contributed by atoms with van der Waals surface area (Å²) in [5.41, 5.74) is 1.43. The van der Waals surface area contributed by atoms with Crippen LogP contribution in [0.3, 0.4) is 0 Å². The predicted octanol–water partition coefficient (Wildman–Crippen LogP) is 2.76. The van der Waals surface area contributed by atoms with Crippen molar-refractivity contribution in [3.63, 3.8) is 0 Å². The Bertz CT molecular complexity index is 374. The van der Waals surface area contributed by atoms with Gasteiger partial charge in [-0.15, -0.1) is 0 Å². The quantitative estimate of drug-likeness (QED) is 0.838. The summed E-state index contributed by atoms with van der Waals surface area (Å²) >= 11 is 0. The lowest BCUT2D eigenvalue weighted by Crippen LogP contribution is -2.61. The fraction of sp³-hybridized carbons (Fsp3) is 0.625. The van der Waals surface area contributed by atoms with Gasteiger partial charge in [-0.05, 0) is 31.7 Å². The van der Waals surface area contributed by atoms with E-state index in [4.69, 9.17) is 0 Å². The molecule has 0 aliphatic heterocycles. The second-order valence-electron chi connectivity index (χ2n) is 6.22. The number of rotatable bonds is 5. The molecule has 2 nitrogen and oxygen atoms in total. The van der Waals surface area contributed by atoms with Crippen molar-refractivity contribution in [1.29, 1.82) is 0 Å². The summed E-state index contributed by atoms with van der Waals surface area (Å²) in [4.78, 5) is 0. The Balaban J connectivity index is 1.75. The zero-order chi connectivity index (χ0) is 13.2. The molecule has 3 atom stereocenters. The molecule has 1 aromatic rings. The molecule has 1 saturated carbocycles. The Morgan fingerprint density at radius 1 is 1.33 bits per heavy atom. The third-order valence-electron chi connectivity index (χ3n) is 4.41. The molecule has 1 fully saturated rings. The zero-order valence-electron chi connectivity index (χ0n) is 11.7. The van der Waals surface area contributed by atoms with Crippen LogP contribution in [0.2, 0.25) is 0 Å². The molecule has 0 saturated heterocycles. The van der Waals surface area contributed by atoms with Gasteiger partial charge in [0.2, 0.25) is 0 Å². The fourth-order valence-corrected chi connectivity index (χ4v) is 2.64. The van der Waals surface area contributed by atoms with Crippen LogP contribution in [0.25, 0.3) is 0 Å². The molecule has 0 amide bonds. The molecule has 1 aliphatic rings. The van der Waals surface area contributed by atoms with E-state index in [1.807, 2.05) is 0 Å². The predicted molar refractivity (Wildman–Crippen MR) is 75.6 cm³/mol. The van der Waals surface area contributed by atoms with Crippen molar-refractivity contribution >= 4 is 0 Å². The summed E-state index contributed by atoms with van der Waals surface area (Å²) in [7, 11) is 0. The number of aliphatic hydroxyl groups excluding tert-OH is 1. The Kier molecular flexibility index (Phi) is 4.08. The average Bonchev–Trinajstić information content (AvgIpc) is 2.37. The molecule has 1 aromatic carbocycles. The maximum atomic E-state index is 9.73. The first-order valence-electron chi connectivity index (χ1n) is 6.98. The molecule has 2 rings (SSSR count). The van der Waals surface area contributed by atoms with E-state index in [0.29, 0.717) is 12.1 Å². The van der Waals surface area contributed by atoms with Crippen LogP contribution in [0.1, 0.15) is 39.2 Å². The number of nitrogens with one attached hydrogen (secondary N) is 1. The van der Waals surface area contributed by atoms with E-state index in [9.17, 15) is 5.11 Å². The van der Waals surface area contributed by atoms with Crippen LogP contribution < -0.4 is 5.32 Å². The standard InChI is InChI=1S/C16H25NO/c1-12(9-10-13-7-5-4-6-8-13)17-14-11-15(18)16(14,2)3/h4-8,12,14-15,17-18H,9-11H2,1-3H3. The third kappa shape index (κ3) is 2.93. The van der Waals surface area contributed by atoms with Crippen molar-refractivity contribution in [3.8, 4) is 0 Å². The lowest BCUT2D eigenvalue weighted by molar-refractivity contribution is -0.0755. The maximum absolute atomic E-state index is 9.73. The van der Waals surface area contributed by atoms with Gasteiger partial charge in [0.05, 0.1) is 6.10 Å². The zero-order valence-corrected chi connectivity index (χ0v) is 11.7. The second-order valence-corrected chi connectivity index (χ2v) is 6.22.